The Labute approximate surface area is 207 Å². The average Bonchev–Trinajstić information content (AvgIpc) is 3.30. The van der Waals surface area contributed by atoms with Gasteiger partial charge in [0.1, 0.15) is 0 Å². The first-order valence-electron chi connectivity index (χ1n) is 11.7. The van der Waals surface area contributed by atoms with Crippen molar-refractivity contribution in [2.24, 2.45) is 0 Å². The van der Waals surface area contributed by atoms with Gasteiger partial charge in [0.15, 0.2) is 5.11 Å². The van der Waals surface area contributed by atoms with Crippen LogP contribution >= 0.6 is 12.2 Å². The molecule has 0 aliphatic carbocycles. The Morgan fingerprint density at radius 1 is 0.882 bits per heavy atom. The van der Waals surface area contributed by atoms with Gasteiger partial charge >= 0.3 is 0 Å². The Hall–Kier alpha value is -3.44. The Morgan fingerprint density at radius 2 is 1.59 bits per heavy atom. The smallest absolute Gasteiger partial charge is 0.174 e. The van der Waals surface area contributed by atoms with E-state index in [1.165, 1.54) is 33.6 Å². The van der Waals surface area contributed by atoms with Gasteiger partial charge in [-0.25, -0.2) is 0 Å². The van der Waals surface area contributed by atoms with Crippen LogP contribution in [0.1, 0.15) is 51.4 Å². The second-order valence-corrected chi connectivity index (χ2v) is 9.63. The summed E-state index contributed by atoms with van der Waals surface area (Å²) in [5.41, 5.74) is 9.64. The summed E-state index contributed by atoms with van der Waals surface area (Å²) < 4.78 is 2.40. The molecule has 0 spiro atoms. The van der Waals surface area contributed by atoms with Gasteiger partial charge in [-0.1, -0.05) is 42.5 Å². The number of benzene rings is 2. The molecule has 0 amide bonds. The number of hydrogen-bond donors (Lipinski definition) is 1. The highest BCUT2D eigenvalue weighted by Crippen LogP contribution is 2.43. The van der Waals surface area contributed by atoms with Crippen LogP contribution in [0.3, 0.4) is 0 Å². The number of aromatic nitrogens is 2. The molecule has 1 aliphatic rings. The maximum atomic E-state index is 5.93. The van der Waals surface area contributed by atoms with Gasteiger partial charge in [0, 0.05) is 29.8 Å². The van der Waals surface area contributed by atoms with Crippen LogP contribution in [0, 0.1) is 27.7 Å². The van der Waals surface area contributed by atoms with Crippen LogP contribution in [-0.2, 0) is 6.54 Å². The van der Waals surface area contributed by atoms with E-state index in [1.54, 1.807) is 0 Å². The quantitative estimate of drug-likeness (QED) is 0.348. The predicted molar refractivity (Wildman–Crippen MR) is 143 cm³/mol. The van der Waals surface area contributed by atoms with E-state index in [0.29, 0.717) is 0 Å². The highest BCUT2D eigenvalue weighted by molar-refractivity contribution is 7.80. The summed E-state index contributed by atoms with van der Waals surface area (Å²) >= 11 is 5.93. The summed E-state index contributed by atoms with van der Waals surface area (Å²) in [5.74, 6) is 0. The summed E-state index contributed by atoms with van der Waals surface area (Å²) in [4.78, 5) is 6.99. The Kier molecular flexibility index (Phi) is 5.96. The molecule has 2 unspecified atom stereocenters. The summed E-state index contributed by atoms with van der Waals surface area (Å²) in [7, 11) is 0. The zero-order chi connectivity index (χ0) is 23.8. The van der Waals surface area contributed by atoms with E-state index in [1.807, 2.05) is 18.3 Å². The molecule has 5 rings (SSSR count). The maximum absolute atomic E-state index is 5.93. The monoisotopic (exact) mass is 466 g/mol. The third kappa shape index (κ3) is 4.12. The molecule has 5 heteroatoms. The van der Waals surface area contributed by atoms with Crippen molar-refractivity contribution in [3.63, 3.8) is 0 Å². The molecule has 3 heterocycles. The van der Waals surface area contributed by atoms with Crippen molar-refractivity contribution < 1.29 is 0 Å². The lowest BCUT2D eigenvalue weighted by Gasteiger charge is -2.29. The largest absolute Gasteiger partial charge is 0.351 e. The van der Waals surface area contributed by atoms with Crippen LogP contribution in [0.5, 0.6) is 0 Å². The molecule has 34 heavy (non-hydrogen) atoms. The molecule has 172 valence electrons. The van der Waals surface area contributed by atoms with Crippen LogP contribution in [0.15, 0.2) is 79.0 Å². The number of nitrogens with zero attached hydrogens (tertiary/aromatic N) is 3. The molecule has 4 nitrogen and oxygen atoms in total. The SMILES string of the molecule is Cc1cc(C)cc(N2C(=S)NC(c3ccccn3)C2c2cc(C)n(Cc3ccccc3)c2C)c1. The van der Waals surface area contributed by atoms with Crippen molar-refractivity contribution in [2.75, 3.05) is 4.90 Å². The van der Waals surface area contributed by atoms with Gasteiger partial charge in [-0.2, -0.15) is 0 Å². The molecular weight excluding hydrogens is 436 g/mol. The fourth-order valence-electron chi connectivity index (χ4n) is 5.18. The van der Waals surface area contributed by atoms with Gasteiger partial charge < -0.3 is 14.8 Å². The van der Waals surface area contributed by atoms with Crippen LogP contribution in [0.2, 0.25) is 0 Å². The molecule has 0 radical (unpaired) electrons. The normalized spacial score (nSPS) is 17.8. The van der Waals surface area contributed by atoms with Gasteiger partial charge in [0.2, 0.25) is 0 Å². The van der Waals surface area contributed by atoms with Gasteiger partial charge in [0.25, 0.3) is 0 Å². The first-order valence-corrected chi connectivity index (χ1v) is 12.1. The second kappa shape index (κ2) is 9.07. The lowest BCUT2D eigenvalue weighted by atomic mass is 9.96. The molecule has 1 N–H and O–H groups in total. The minimum absolute atomic E-state index is 0.000627. The van der Waals surface area contributed by atoms with Crippen molar-refractivity contribution in [1.29, 1.82) is 0 Å². The number of rotatable bonds is 5. The topological polar surface area (TPSA) is 33.1 Å². The van der Waals surface area contributed by atoms with Crippen LogP contribution in [0.25, 0.3) is 0 Å². The van der Waals surface area contributed by atoms with Crippen LogP contribution in [-0.4, -0.2) is 14.7 Å². The highest BCUT2D eigenvalue weighted by atomic mass is 32.1. The van der Waals surface area contributed by atoms with E-state index in [9.17, 15) is 0 Å². The van der Waals surface area contributed by atoms with Crippen molar-refractivity contribution in [3.05, 3.63) is 118 Å². The molecule has 2 atom stereocenters. The highest BCUT2D eigenvalue weighted by Gasteiger charge is 2.42. The molecule has 2 aromatic heterocycles. The summed E-state index contributed by atoms with van der Waals surface area (Å²) in [6, 6.07) is 25.6. The van der Waals surface area contributed by atoms with E-state index in [-0.39, 0.29) is 12.1 Å². The molecule has 2 aromatic carbocycles. The van der Waals surface area contributed by atoms with Crippen molar-refractivity contribution >= 4 is 23.0 Å². The minimum atomic E-state index is -0.0415. The zero-order valence-electron chi connectivity index (χ0n) is 20.1. The minimum Gasteiger partial charge on any atom is -0.351 e. The van der Waals surface area contributed by atoms with E-state index in [0.717, 1.165) is 23.0 Å². The van der Waals surface area contributed by atoms with Crippen molar-refractivity contribution in [2.45, 2.75) is 46.3 Å². The number of thiocarbonyl (C=S) groups is 1. The Morgan fingerprint density at radius 3 is 2.26 bits per heavy atom. The van der Waals surface area contributed by atoms with Crippen molar-refractivity contribution in [3.8, 4) is 0 Å². The maximum Gasteiger partial charge on any atom is 0.174 e. The third-order valence-corrected chi connectivity index (χ3v) is 7.01. The van der Waals surface area contributed by atoms with E-state index in [4.69, 9.17) is 17.2 Å². The predicted octanol–water partition coefficient (Wildman–Crippen LogP) is 6.34. The first-order chi connectivity index (χ1) is 16.4. The van der Waals surface area contributed by atoms with Gasteiger partial charge in [0.05, 0.1) is 17.8 Å². The fraction of sp³-hybridized carbons (Fsp3) is 0.241. The van der Waals surface area contributed by atoms with Crippen LogP contribution < -0.4 is 10.2 Å². The Balaban J connectivity index is 1.64. The lowest BCUT2D eigenvalue weighted by Crippen LogP contribution is -2.29. The fourth-order valence-corrected chi connectivity index (χ4v) is 5.52. The zero-order valence-corrected chi connectivity index (χ0v) is 20.9. The summed E-state index contributed by atoms with van der Waals surface area (Å²) in [6.07, 6.45) is 1.86. The van der Waals surface area contributed by atoms with Gasteiger partial charge in [-0.15, -0.1) is 0 Å². The summed E-state index contributed by atoms with van der Waals surface area (Å²) in [5, 5.41) is 4.33. The number of nitrogens with one attached hydrogen (secondary N) is 1. The average molecular weight is 467 g/mol. The van der Waals surface area contributed by atoms with Gasteiger partial charge in [-0.05, 0) is 92.5 Å². The number of aryl methyl sites for hydroxylation is 3. The number of pyridine rings is 1. The molecule has 0 bridgehead atoms. The third-order valence-electron chi connectivity index (χ3n) is 6.70. The van der Waals surface area contributed by atoms with E-state index >= 15 is 0 Å². The molecule has 1 fully saturated rings. The molecule has 0 saturated carbocycles. The standard InChI is InChI=1S/C29H30N4S/c1-19-14-20(2)16-24(15-19)33-28(27(31-29(33)34)26-12-8-9-13-30-26)25-17-21(3)32(22(25)4)18-23-10-6-5-7-11-23/h5-17,27-28H,18H2,1-4H3,(H,31,34). The second-order valence-electron chi connectivity index (χ2n) is 9.24. The van der Waals surface area contributed by atoms with E-state index in [2.05, 4.69) is 103 Å². The first kappa shape index (κ1) is 22.4. The Bertz CT molecular complexity index is 1310. The molecular formula is C29H30N4S. The molecule has 1 aliphatic heterocycles. The molecule has 1 saturated heterocycles. The lowest BCUT2D eigenvalue weighted by molar-refractivity contribution is 0.563. The van der Waals surface area contributed by atoms with Crippen LogP contribution in [0.4, 0.5) is 5.69 Å². The van der Waals surface area contributed by atoms with Gasteiger partial charge in [-0.3, -0.25) is 4.98 Å². The van der Waals surface area contributed by atoms with Crippen molar-refractivity contribution in [1.82, 2.24) is 14.9 Å². The molecule has 4 aromatic rings. The number of hydrogen-bond acceptors (Lipinski definition) is 2. The van der Waals surface area contributed by atoms with E-state index < -0.39 is 0 Å². The number of anilines is 1. The summed E-state index contributed by atoms with van der Waals surface area (Å²) in [6.45, 7) is 9.54.